The average Bonchev–Trinajstić information content (AvgIpc) is 3.28. The minimum absolute atomic E-state index is 0.0257. The van der Waals surface area contributed by atoms with Crippen molar-refractivity contribution in [3.05, 3.63) is 65.1 Å². The van der Waals surface area contributed by atoms with Gasteiger partial charge in [0.2, 0.25) is 5.95 Å². The molecule has 8 heteroatoms. The summed E-state index contributed by atoms with van der Waals surface area (Å²) in [4.78, 5) is 28.9. The Bertz CT molecular complexity index is 1150. The van der Waals surface area contributed by atoms with Crippen LogP contribution in [-0.2, 0) is 0 Å². The third-order valence-electron chi connectivity index (χ3n) is 5.64. The number of ether oxygens (including phenoxy) is 2. The lowest BCUT2D eigenvalue weighted by atomic mass is 10.1. The number of amides is 1. The molecule has 0 aliphatic carbocycles. The molecule has 1 N–H and O–H groups in total. The molecule has 2 aliphatic rings. The van der Waals surface area contributed by atoms with Crippen molar-refractivity contribution in [3.63, 3.8) is 0 Å². The number of nitrogens with zero attached hydrogens (tertiary/aromatic N) is 4. The van der Waals surface area contributed by atoms with E-state index in [9.17, 15) is 4.79 Å². The first-order chi connectivity index (χ1) is 15.6. The van der Waals surface area contributed by atoms with Gasteiger partial charge in [-0.2, -0.15) is 0 Å². The number of carbonyl (C=O) groups excluding carboxylic acids is 1. The van der Waals surface area contributed by atoms with E-state index in [2.05, 4.69) is 15.3 Å². The molecular weight excluding hydrogens is 406 g/mol. The summed E-state index contributed by atoms with van der Waals surface area (Å²) < 4.78 is 11.2. The number of rotatable bonds is 4. The molecule has 4 heterocycles. The molecule has 0 spiro atoms. The number of fused-ring (bicyclic) bond motifs is 1. The van der Waals surface area contributed by atoms with Crippen molar-refractivity contribution >= 4 is 17.7 Å². The molecule has 0 bridgehead atoms. The third kappa shape index (κ3) is 4.08. The molecule has 2 aliphatic heterocycles. The van der Waals surface area contributed by atoms with Gasteiger partial charge in [-0.1, -0.05) is 6.07 Å². The Morgan fingerprint density at radius 3 is 2.59 bits per heavy atom. The minimum atomic E-state index is -0.0855. The first kappa shape index (κ1) is 20.2. The average molecular weight is 431 g/mol. The Morgan fingerprint density at radius 1 is 1.00 bits per heavy atom. The van der Waals surface area contributed by atoms with E-state index in [1.54, 1.807) is 18.2 Å². The second-order valence-corrected chi connectivity index (χ2v) is 8.06. The maximum absolute atomic E-state index is 13.3. The highest BCUT2D eigenvalue weighted by molar-refractivity contribution is 5.95. The number of likely N-dealkylation sites (tertiary alicyclic amines) is 1. The predicted octanol–water partition coefficient (Wildman–Crippen LogP) is 3.98. The molecule has 8 nitrogen and oxygen atoms in total. The summed E-state index contributed by atoms with van der Waals surface area (Å²) in [5.41, 5.74) is 3.23. The number of aromatic nitrogens is 3. The third-order valence-corrected chi connectivity index (χ3v) is 5.64. The summed E-state index contributed by atoms with van der Waals surface area (Å²) in [6, 6.07) is 13.0. The molecule has 0 saturated carbocycles. The monoisotopic (exact) mass is 431 g/mol. The van der Waals surface area contributed by atoms with E-state index in [0.717, 1.165) is 29.9 Å². The normalized spacial score (nSPS) is 17.3. The SMILES string of the molecule is Cc1cc(C)nc(Nc2cccc([C@@H]3CCCN3C(=O)c3ccc4c(c3)OCCO4)n2)n1. The summed E-state index contributed by atoms with van der Waals surface area (Å²) in [7, 11) is 0. The van der Waals surface area contributed by atoms with Gasteiger partial charge < -0.3 is 19.7 Å². The van der Waals surface area contributed by atoms with Crippen LogP contribution in [0, 0.1) is 13.8 Å². The molecule has 1 fully saturated rings. The maximum atomic E-state index is 13.3. The van der Waals surface area contributed by atoms with Crippen LogP contribution < -0.4 is 14.8 Å². The van der Waals surface area contributed by atoms with Crippen LogP contribution in [0.2, 0.25) is 0 Å². The van der Waals surface area contributed by atoms with Crippen molar-refractivity contribution in [3.8, 4) is 11.5 Å². The molecule has 3 aromatic rings. The zero-order valence-electron chi connectivity index (χ0n) is 18.2. The van der Waals surface area contributed by atoms with Gasteiger partial charge in [0.15, 0.2) is 11.5 Å². The van der Waals surface area contributed by atoms with Crippen LogP contribution in [0.4, 0.5) is 11.8 Å². The highest BCUT2D eigenvalue weighted by Crippen LogP contribution is 2.35. The van der Waals surface area contributed by atoms with Crippen LogP contribution in [-0.4, -0.2) is 45.5 Å². The van der Waals surface area contributed by atoms with Gasteiger partial charge in [-0.25, -0.2) is 15.0 Å². The number of hydrogen-bond acceptors (Lipinski definition) is 7. The first-order valence-electron chi connectivity index (χ1n) is 10.8. The van der Waals surface area contributed by atoms with E-state index < -0.39 is 0 Å². The maximum Gasteiger partial charge on any atom is 0.254 e. The zero-order chi connectivity index (χ0) is 22.1. The molecule has 32 heavy (non-hydrogen) atoms. The second kappa shape index (κ2) is 8.45. The fraction of sp³-hybridized carbons (Fsp3) is 0.333. The number of benzene rings is 1. The van der Waals surface area contributed by atoms with Gasteiger partial charge in [0.1, 0.15) is 19.0 Å². The van der Waals surface area contributed by atoms with Gasteiger partial charge in [-0.05, 0) is 63.1 Å². The fourth-order valence-electron chi connectivity index (χ4n) is 4.26. The molecule has 1 saturated heterocycles. The molecule has 2 aromatic heterocycles. The lowest BCUT2D eigenvalue weighted by molar-refractivity contribution is 0.0732. The van der Waals surface area contributed by atoms with Crippen LogP contribution in [0.25, 0.3) is 0 Å². The molecular formula is C24H25N5O3. The van der Waals surface area contributed by atoms with Crippen molar-refractivity contribution in [1.29, 1.82) is 0 Å². The van der Waals surface area contributed by atoms with Gasteiger partial charge >= 0.3 is 0 Å². The van der Waals surface area contributed by atoms with E-state index in [1.165, 1.54) is 0 Å². The highest BCUT2D eigenvalue weighted by atomic mass is 16.6. The quantitative estimate of drug-likeness (QED) is 0.668. The second-order valence-electron chi connectivity index (χ2n) is 8.06. The molecule has 164 valence electrons. The van der Waals surface area contributed by atoms with Gasteiger partial charge in [-0.3, -0.25) is 4.79 Å². The van der Waals surface area contributed by atoms with Gasteiger partial charge in [0, 0.05) is 23.5 Å². The van der Waals surface area contributed by atoms with Crippen LogP contribution >= 0.6 is 0 Å². The Morgan fingerprint density at radius 2 is 1.78 bits per heavy atom. The number of carbonyl (C=O) groups is 1. The molecule has 1 amide bonds. The van der Waals surface area contributed by atoms with Crippen molar-refractivity contribution in [2.75, 3.05) is 25.1 Å². The highest BCUT2D eigenvalue weighted by Gasteiger charge is 2.32. The van der Waals surface area contributed by atoms with Gasteiger partial charge in [0.25, 0.3) is 5.91 Å². The van der Waals surface area contributed by atoms with Crippen molar-refractivity contribution in [2.45, 2.75) is 32.7 Å². The lowest BCUT2D eigenvalue weighted by Gasteiger charge is -2.25. The van der Waals surface area contributed by atoms with Crippen LogP contribution in [0.15, 0.2) is 42.5 Å². The fourth-order valence-corrected chi connectivity index (χ4v) is 4.26. The Labute approximate surface area is 186 Å². The molecule has 0 unspecified atom stereocenters. The summed E-state index contributed by atoms with van der Waals surface area (Å²) in [5.74, 6) is 2.45. The van der Waals surface area contributed by atoms with Crippen LogP contribution in [0.3, 0.4) is 0 Å². The van der Waals surface area contributed by atoms with Crippen molar-refractivity contribution < 1.29 is 14.3 Å². The molecule has 0 radical (unpaired) electrons. The Balaban J connectivity index is 1.37. The standard InChI is InChI=1S/C24H25N5O3/c1-15-13-16(2)26-24(25-15)28-22-7-3-5-18(27-22)19-6-4-10-29(19)23(30)17-8-9-20-21(14-17)32-12-11-31-20/h3,5,7-9,13-14,19H,4,6,10-12H2,1-2H3,(H,25,26,27,28)/t19-/m0/s1. The smallest absolute Gasteiger partial charge is 0.254 e. The summed E-state index contributed by atoms with van der Waals surface area (Å²) >= 11 is 0. The number of nitrogens with one attached hydrogen (secondary N) is 1. The van der Waals surface area contributed by atoms with E-state index >= 15 is 0 Å². The van der Waals surface area contributed by atoms with Gasteiger partial charge in [-0.15, -0.1) is 0 Å². The van der Waals surface area contributed by atoms with E-state index in [0.29, 0.717) is 48.6 Å². The lowest BCUT2D eigenvalue weighted by Crippen LogP contribution is -2.31. The molecule has 1 aromatic carbocycles. The topological polar surface area (TPSA) is 89.5 Å². The molecule has 5 rings (SSSR count). The molecule has 1 atom stereocenters. The van der Waals surface area contributed by atoms with E-state index in [4.69, 9.17) is 14.5 Å². The van der Waals surface area contributed by atoms with Gasteiger partial charge in [0.05, 0.1) is 11.7 Å². The van der Waals surface area contributed by atoms with E-state index in [1.807, 2.05) is 43.0 Å². The van der Waals surface area contributed by atoms with Crippen molar-refractivity contribution in [2.24, 2.45) is 0 Å². The summed E-state index contributed by atoms with van der Waals surface area (Å²) in [6.07, 6.45) is 1.80. The predicted molar refractivity (Wildman–Crippen MR) is 119 cm³/mol. The Hall–Kier alpha value is -3.68. The number of aryl methyl sites for hydroxylation is 2. The van der Waals surface area contributed by atoms with Crippen LogP contribution in [0.1, 0.15) is 46.3 Å². The number of pyridine rings is 1. The zero-order valence-corrected chi connectivity index (χ0v) is 18.2. The number of hydrogen-bond donors (Lipinski definition) is 1. The van der Waals surface area contributed by atoms with Crippen LogP contribution in [0.5, 0.6) is 11.5 Å². The van der Waals surface area contributed by atoms with E-state index in [-0.39, 0.29) is 11.9 Å². The Kier molecular flexibility index (Phi) is 5.34. The summed E-state index contributed by atoms with van der Waals surface area (Å²) in [6.45, 7) is 5.58. The summed E-state index contributed by atoms with van der Waals surface area (Å²) in [5, 5.41) is 3.19. The minimum Gasteiger partial charge on any atom is -0.486 e. The number of anilines is 2. The first-order valence-corrected chi connectivity index (χ1v) is 10.8. The largest absolute Gasteiger partial charge is 0.486 e. The van der Waals surface area contributed by atoms with Crippen molar-refractivity contribution in [1.82, 2.24) is 19.9 Å².